The van der Waals surface area contributed by atoms with Crippen LogP contribution in [0.2, 0.25) is 0 Å². The minimum atomic E-state index is -0.309. The van der Waals surface area contributed by atoms with E-state index in [0.717, 1.165) is 6.54 Å². The molecule has 0 aliphatic carbocycles. The van der Waals surface area contributed by atoms with Gasteiger partial charge in [-0.25, -0.2) is 4.39 Å². The summed E-state index contributed by atoms with van der Waals surface area (Å²) in [6.45, 7) is 9.84. The van der Waals surface area contributed by atoms with Gasteiger partial charge in [-0.3, -0.25) is 0 Å². The number of benzene rings is 1. The van der Waals surface area contributed by atoms with Crippen molar-refractivity contribution in [2.75, 3.05) is 13.2 Å². The van der Waals surface area contributed by atoms with Crippen LogP contribution in [0.25, 0.3) is 0 Å². The quantitative estimate of drug-likeness (QED) is 0.851. The molecule has 0 saturated carbocycles. The zero-order valence-electron chi connectivity index (χ0n) is 11.1. The predicted molar refractivity (Wildman–Crippen MR) is 68.8 cm³/mol. The van der Waals surface area contributed by atoms with Crippen molar-refractivity contribution in [3.63, 3.8) is 0 Å². The van der Waals surface area contributed by atoms with Gasteiger partial charge in [0, 0.05) is 6.04 Å². The van der Waals surface area contributed by atoms with E-state index in [1.165, 1.54) is 6.07 Å². The summed E-state index contributed by atoms with van der Waals surface area (Å²) in [4.78, 5) is 0. The van der Waals surface area contributed by atoms with E-state index < -0.39 is 0 Å². The van der Waals surface area contributed by atoms with Gasteiger partial charge in [-0.2, -0.15) is 0 Å². The zero-order chi connectivity index (χ0) is 12.9. The highest BCUT2D eigenvalue weighted by molar-refractivity contribution is 5.23. The van der Waals surface area contributed by atoms with E-state index >= 15 is 0 Å². The van der Waals surface area contributed by atoms with Crippen molar-refractivity contribution in [3.8, 4) is 5.75 Å². The van der Waals surface area contributed by atoms with Crippen LogP contribution in [0, 0.1) is 11.2 Å². The molecule has 0 fully saturated rings. The molecular weight excluding hydrogens is 217 g/mol. The van der Waals surface area contributed by atoms with E-state index in [1.54, 1.807) is 18.2 Å². The molecule has 2 nitrogen and oxygen atoms in total. The third kappa shape index (κ3) is 4.35. The molecule has 0 bridgehead atoms. The maximum absolute atomic E-state index is 13.4. The number of hydrogen-bond acceptors (Lipinski definition) is 2. The molecule has 0 saturated heterocycles. The van der Waals surface area contributed by atoms with E-state index in [2.05, 4.69) is 33.0 Å². The Balaban J connectivity index is 2.61. The van der Waals surface area contributed by atoms with Crippen LogP contribution in [0.1, 0.15) is 27.7 Å². The first-order valence-electron chi connectivity index (χ1n) is 6.06. The van der Waals surface area contributed by atoms with Gasteiger partial charge in [-0.05, 0) is 24.1 Å². The van der Waals surface area contributed by atoms with Crippen LogP contribution in [0.5, 0.6) is 5.75 Å². The summed E-state index contributed by atoms with van der Waals surface area (Å²) in [6, 6.07) is 6.70. The van der Waals surface area contributed by atoms with Crippen LogP contribution < -0.4 is 10.1 Å². The first kappa shape index (κ1) is 14.0. The smallest absolute Gasteiger partial charge is 0.165 e. The molecule has 17 heavy (non-hydrogen) atoms. The molecule has 0 spiro atoms. The lowest BCUT2D eigenvalue weighted by molar-refractivity contribution is 0.171. The average Bonchev–Trinajstić information content (AvgIpc) is 2.24. The summed E-state index contributed by atoms with van der Waals surface area (Å²) >= 11 is 0. The van der Waals surface area contributed by atoms with E-state index in [1.807, 2.05) is 0 Å². The predicted octanol–water partition coefficient (Wildman–Crippen LogP) is 3.23. The number of halogens is 1. The van der Waals surface area contributed by atoms with Gasteiger partial charge in [0.05, 0.1) is 0 Å². The molecule has 0 radical (unpaired) electrons. The van der Waals surface area contributed by atoms with Crippen molar-refractivity contribution in [1.82, 2.24) is 5.32 Å². The molecule has 1 aromatic carbocycles. The summed E-state index contributed by atoms with van der Waals surface area (Å²) in [6.07, 6.45) is 0. The number of ether oxygens (including phenoxy) is 1. The van der Waals surface area contributed by atoms with Gasteiger partial charge >= 0.3 is 0 Å². The van der Waals surface area contributed by atoms with Gasteiger partial charge in [0.15, 0.2) is 11.6 Å². The third-order valence-corrected chi connectivity index (χ3v) is 2.74. The number of para-hydroxylation sites is 1. The molecule has 0 heterocycles. The Bertz CT molecular complexity index is 346. The first-order valence-corrected chi connectivity index (χ1v) is 6.06. The van der Waals surface area contributed by atoms with E-state index in [4.69, 9.17) is 4.74 Å². The minimum absolute atomic E-state index is 0.0846. The van der Waals surface area contributed by atoms with Crippen LogP contribution in [0.4, 0.5) is 4.39 Å². The van der Waals surface area contributed by atoms with Gasteiger partial charge in [0.25, 0.3) is 0 Å². The van der Waals surface area contributed by atoms with E-state index in [9.17, 15) is 4.39 Å². The largest absolute Gasteiger partial charge is 0.489 e. The van der Waals surface area contributed by atoms with Crippen molar-refractivity contribution >= 4 is 0 Å². The number of nitrogens with one attached hydrogen (secondary N) is 1. The topological polar surface area (TPSA) is 21.3 Å². The fraction of sp³-hybridized carbons (Fsp3) is 0.571. The van der Waals surface area contributed by atoms with Gasteiger partial charge in [0.1, 0.15) is 6.61 Å². The van der Waals surface area contributed by atoms with E-state index in [-0.39, 0.29) is 17.3 Å². The maximum Gasteiger partial charge on any atom is 0.165 e. The van der Waals surface area contributed by atoms with Crippen molar-refractivity contribution in [2.45, 2.75) is 33.7 Å². The first-order chi connectivity index (χ1) is 7.95. The van der Waals surface area contributed by atoms with Gasteiger partial charge < -0.3 is 10.1 Å². The molecule has 0 aromatic heterocycles. The number of likely N-dealkylation sites (N-methyl/N-ethyl adjacent to an activating group) is 1. The fourth-order valence-electron chi connectivity index (χ4n) is 1.60. The second-order valence-corrected chi connectivity index (χ2v) is 5.22. The molecule has 3 heteroatoms. The molecule has 0 amide bonds. The SMILES string of the molecule is CCNC(COc1ccccc1F)C(C)(C)C. The normalized spacial score (nSPS) is 13.5. The molecule has 1 unspecified atom stereocenters. The van der Waals surface area contributed by atoms with Crippen molar-refractivity contribution in [1.29, 1.82) is 0 Å². The summed E-state index contributed by atoms with van der Waals surface area (Å²) in [7, 11) is 0. The number of hydrogen-bond donors (Lipinski definition) is 1. The fourth-order valence-corrected chi connectivity index (χ4v) is 1.60. The van der Waals surface area contributed by atoms with Gasteiger partial charge in [0.2, 0.25) is 0 Å². The Morgan fingerprint density at radius 2 is 1.94 bits per heavy atom. The molecule has 96 valence electrons. The summed E-state index contributed by atoms with van der Waals surface area (Å²) in [5, 5.41) is 3.36. The highest BCUT2D eigenvalue weighted by Crippen LogP contribution is 2.21. The highest BCUT2D eigenvalue weighted by atomic mass is 19.1. The zero-order valence-corrected chi connectivity index (χ0v) is 11.1. The maximum atomic E-state index is 13.4. The van der Waals surface area contributed by atoms with Crippen molar-refractivity contribution in [2.24, 2.45) is 5.41 Å². The lowest BCUT2D eigenvalue weighted by Gasteiger charge is -2.31. The molecular formula is C14H22FNO. The van der Waals surface area contributed by atoms with Crippen molar-refractivity contribution < 1.29 is 9.13 Å². The van der Waals surface area contributed by atoms with Crippen molar-refractivity contribution in [3.05, 3.63) is 30.1 Å². The Morgan fingerprint density at radius 3 is 2.47 bits per heavy atom. The van der Waals surface area contributed by atoms with Crippen LogP contribution >= 0.6 is 0 Å². The van der Waals surface area contributed by atoms with Gasteiger partial charge in [-0.1, -0.05) is 39.8 Å². The lowest BCUT2D eigenvalue weighted by atomic mass is 9.87. The lowest BCUT2D eigenvalue weighted by Crippen LogP contribution is -2.44. The molecule has 1 aromatic rings. The van der Waals surface area contributed by atoms with Crippen LogP contribution in [-0.4, -0.2) is 19.2 Å². The van der Waals surface area contributed by atoms with Crippen LogP contribution in [0.15, 0.2) is 24.3 Å². The summed E-state index contributed by atoms with van der Waals surface area (Å²) in [5.41, 5.74) is 0.0846. The Morgan fingerprint density at radius 1 is 1.29 bits per heavy atom. The monoisotopic (exact) mass is 239 g/mol. The molecule has 0 aliphatic heterocycles. The standard InChI is InChI=1S/C14H22FNO/c1-5-16-13(14(2,3)4)10-17-12-9-7-6-8-11(12)15/h6-9,13,16H,5,10H2,1-4H3. The molecule has 0 aliphatic rings. The molecule has 1 atom stereocenters. The second-order valence-electron chi connectivity index (χ2n) is 5.22. The van der Waals surface area contributed by atoms with Gasteiger partial charge in [-0.15, -0.1) is 0 Å². The van der Waals surface area contributed by atoms with E-state index in [0.29, 0.717) is 12.4 Å². The summed E-state index contributed by atoms with van der Waals surface area (Å²) < 4.78 is 18.9. The van der Waals surface area contributed by atoms with Crippen LogP contribution in [0.3, 0.4) is 0 Å². The Hall–Kier alpha value is -1.09. The molecule has 1 rings (SSSR count). The number of rotatable bonds is 5. The molecule has 1 N–H and O–H groups in total. The Labute approximate surface area is 103 Å². The second kappa shape index (κ2) is 6.01. The third-order valence-electron chi connectivity index (χ3n) is 2.74. The average molecular weight is 239 g/mol. The highest BCUT2D eigenvalue weighted by Gasteiger charge is 2.24. The summed E-state index contributed by atoms with van der Waals surface area (Å²) in [5.74, 6) is 0.0105. The minimum Gasteiger partial charge on any atom is -0.489 e. The Kier molecular flexibility index (Phi) is 4.94. The van der Waals surface area contributed by atoms with Crippen LogP contribution in [-0.2, 0) is 0 Å².